The van der Waals surface area contributed by atoms with Gasteiger partial charge in [-0.25, -0.2) is 4.79 Å². The normalized spacial score (nSPS) is 10.6. The van der Waals surface area contributed by atoms with Crippen molar-refractivity contribution in [2.45, 2.75) is 34.1 Å². The van der Waals surface area contributed by atoms with Gasteiger partial charge >= 0.3 is 17.9 Å². The van der Waals surface area contributed by atoms with Gasteiger partial charge in [-0.3, -0.25) is 9.59 Å². The summed E-state index contributed by atoms with van der Waals surface area (Å²) in [5.74, 6) is -2.14. The lowest BCUT2D eigenvalue weighted by molar-refractivity contribution is -0.170. The average Bonchev–Trinajstić information content (AvgIpc) is 2.39. The SMILES string of the molecule is C=C(CC(C)(C(=O)OCC)C(=O)OCC)C(=O)OCC. The number of carbonyl (C=O) groups excluding carboxylic acids is 3. The molecule has 0 aliphatic rings. The highest BCUT2D eigenvalue weighted by atomic mass is 16.6. The molecule has 6 heteroatoms. The Morgan fingerprint density at radius 2 is 1.30 bits per heavy atom. The van der Waals surface area contributed by atoms with Gasteiger partial charge in [0.15, 0.2) is 5.41 Å². The molecule has 114 valence electrons. The second-order valence-corrected chi connectivity index (χ2v) is 4.27. The van der Waals surface area contributed by atoms with E-state index in [1.165, 1.54) is 6.92 Å². The highest BCUT2D eigenvalue weighted by molar-refractivity contribution is 6.01. The van der Waals surface area contributed by atoms with Crippen molar-refractivity contribution in [2.24, 2.45) is 5.41 Å². The monoisotopic (exact) mass is 286 g/mol. The number of esters is 3. The summed E-state index contributed by atoms with van der Waals surface area (Å²) in [5.41, 5.74) is -1.58. The quantitative estimate of drug-likeness (QED) is 0.292. The lowest BCUT2D eigenvalue weighted by Gasteiger charge is -2.25. The smallest absolute Gasteiger partial charge is 0.333 e. The molecule has 0 radical (unpaired) electrons. The Morgan fingerprint density at radius 3 is 1.65 bits per heavy atom. The van der Waals surface area contributed by atoms with Gasteiger partial charge in [-0.15, -0.1) is 0 Å². The zero-order valence-corrected chi connectivity index (χ0v) is 12.5. The van der Waals surface area contributed by atoms with Crippen LogP contribution in [0.4, 0.5) is 0 Å². The van der Waals surface area contributed by atoms with E-state index >= 15 is 0 Å². The van der Waals surface area contributed by atoms with E-state index < -0.39 is 23.3 Å². The minimum absolute atomic E-state index is 0.0236. The largest absolute Gasteiger partial charge is 0.465 e. The molecule has 0 bridgehead atoms. The fourth-order valence-corrected chi connectivity index (χ4v) is 1.54. The fraction of sp³-hybridized carbons (Fsp3) is 0.643. The number of rotatable bonds is 8. The first kappa shape index (κ1) is 18.1. The molecule has 0 N–H and O–H groups in total. The fourth-order valence-electron chi connectivity index (χ4n) is 1.54. The van der Waals surface area contributed by atoms with Gasteiger partial charge in [0.2, 0.25) is 0 Å². The molecule has 20 heavy (non-hydrogen) atoms. The molecule has 0 aliphatic carbocycles. The molecule has 0 saturated carbocycles. The third-order valence-electron chi connectivity index (χ3n) is 2.58. The number of hydrogen-bond donors (Lipinski definition) is 0. The molecule has 0 rings (SSSR count). The van der Waals surface area contributed by atoms with Crippen molar-refractivity contribution in [1.82, 2.24) is 0 Å². The Kier molecular flexibility index (Phi) is 7.57. The summed E-state index contributed by atoms with van der Waals surface area (Å²) in [6.45, 7) is 10.3. The van der Waals surface area contributed by atoms with Gasteiger partial charge in [0, 0.05) is 12.0 Å². The molecule has 0 aromatic carbocycles. The van der Waals surface area contributed by atoms with Gasteiger partial charge in [0.25, 0.3) is 0 Å². The zero-order chi connectivity index (χ0) is 15.8. The van der Waals surface area contributed by atoms with E-state index in [0.29, 0.717) is 0 Å². The Hall–Kier alpha value is -1.85. The highest BCUT2D eigenvalue weighted by Crippen LogP contribution is 2.29. The maximum absolute atomic E-state index is 12.0. The lowest BCUT2D eigenvalue weighted by Crippen LogP contribution is -2.40. The van der Waals surface area contributed by atoms with Crippen molar-refractivity contribution in [1.29, 1.82) is 0 Å². The maximum atomic E-state index is 12.0. The number of carbonyl (C=O) groups is 3. The van der Waals surface area contributed by atoms with E-state index in [1.807, 2.05) is 0 Å². The summed E-state index contributed by atoms with van der Waals surface area (Å²) in [5, 5.41) is 0. The molecule has 0 amide bonds. The number of ether oxygens (including phenoxy) is 3. The highest BCUT2D eigenvalue weighted by Gasteiger charge is 2.45. The van der Waals surface area contributed by atoms with Gasteiger partial charge in [-0.1, -0.05) is 6.58 Å². The second-order valence-electron chi connectivity index (χ2n) is 4.27. The Balaban J connectivity index is 5.13. The number of hydrogen-bond acceptors (Lipinski definition) is 6. The van der Waals surface area contributed by atoms with E-state index in [9.17, 15) is 14.4 Å². The Morgan fingerprint density at radius 1 is 0.900 bits per heavy atom. The first-order valence-corrected chi connectivity index (χ1v) is 6.52. The van der Waals surface area contributed by atoms with E-state index in [-0.39, 0.29) is 31.8 Å². The van der Waals surface area contributed by atoms with Crippen LogP contribution in [-0.4, -0.2) is 37.7 Å². The van der Waals surface area contributed by atoms with Crippen LogP contribution < -0.4 is 0 Å². The molecule has 0 aliphatic heterocycles. The summed E-state index contributed by atoms with van der Waals surface area (Å²) < 4.78 is 14.6. The minimum Gasteiger partial charge on any atom is -0.465 e. The molecule has 0 aromatic rings. The third kappa shape index (κ3) is 4.68. The summed E-state index contributed by atoms with van der Waals surface area (Å²) >= 11 is 0. The first-order chi connectivity index (χ1) is 9.33. The van der Waals surface area contributed by atoms with Crippen molar-refractivity contribution in [3.63, 3.8) is 0 Å². The second kappa shape index (κ2) is 8.35. The molecule has 0 aromatic heterocycles. The van der Waals surface area contributed by atoms with Gasteiger partial charge in [-0.05, 0) is 27.7 Å². The maximum Gasteiger partial charge on any atom is 0.333 e. The summed E-state index contributed by atoms with van der Waals surface area (Å²) in [6, 6.07) is 0. The summed E-state index contributed by atoms with van der Waals surface area (Å²) in [6.07, 6.45) is -0.205. The van der Waals surface area contributed by atoms with Crippen molar-refractivity contribution in [3.05, 3.63) is 12.2 Å². The summed E-state index contributed by atoms with van der Waals surface area (Å²) in [4.78, 5) is 35.5. The van der Waals surface area contributed by atoms with Crippen LogP contribution >= 0.6 is 0 Å². The third-order valence-corrected chi connectivity index (χ3v) is 2.58. The van der Waals surface area contributed by atoms with Crippen LogP contribution in [0.15, 0.2) is 12.2 Å². The lowest BCUT2D eigenvalue weighted by atomic mass is 9.83. The van der Waals surface area contributed by atoms with Crippen LogP contribution in [0.5, 0.6) is 0 Å². The standard InChI is InChI=1S/C14H22O6/c1-6-18-11(15)10(4)9-14(5,12(16)19-7-2)13(17)20-8-3/h4,6-9H2,1-3,5H3. The van der Waals surface area contributed by atoms with Crippen LogP contribution in [0.2, 0.25) is 0 Å². The van der Waals surface area contributed by atoms with Crippen molar-refractivity contribution < 1.29 is 28.6 Å². The topological polar surface area (TPSA) is 78.9 Å². The van der Waals surface area contributed by atoms with Gasteiger partial charge < -0.3 is 14.2 Å². The van der Waals surface area contributed by atoms with Crippen LogP contribution in [0.1, 0.15) is 34.1 Å². The average molecular weight is 286 g/mol. The van der Waals surface area contributed by atoms with Crippen LogP contribution in [0.3, 0.4) is 0 Å². The summed E-state index contributed by atoms with van der Waals surface area (Å²) in [7, 11) is 0. The molecule has 0 unspecified atom stereocenters. The molecule has 0 fully saturated rings. The van der Waals surface area contributed by atoms with Gasteiger partial charge in [-0.2, -0.15) is 0 Å². The molecular weight excluding hydrogens is 264 g/mol. The molecule has 0 spiro atoms. The van der Waals surface area contributed by atoms with Gasteiger partial charge in [0.05, 0.1) is 19.8 Å². The molecule has 6 nitrogen and oxygen atoms in total. The molecule has 0 saturated heterocycles. The van der Waals surface area contributed by atoms with Crippen molar-refractivity contribution >= 4 is 17.9 Å². The molecule has 0 atom stereocenters. The Labute approximate surface area is 119 Å². The minimum atomic E-state index is -1.60. The van der Waals surface area contributed by atoms with Crippen LogP contribution in [-0.2, 0) is 28.6 Å². The van der Waals surface area contributed by atoms with E-state index in [2.05, 4.69) is 6.58 Å². The first-order valence-electron chi connectivity index (χ1n) is 6.52. The van der Waals surface area contributed by atoms with Gasteiger partial charge in [0.1, 0.15) is 0 Å². The zero-order valence-electron chi connectivity index (χ0n) is 12.5. The van der Waals surface area contributed by atoms with Crippen LogP contribution in [0, 0.1) is 5.41 Å². The van der Waals surface area contributed by atoms with E-state index in [4.69, 9.17) is 14.2 Å². The predicted molar refractivity (Wildman–Crippen MR) is 71.8 cm³/mol. The van der Waals surface area contributed by atoms with Crippen LogP contribution in [0.25, 0.3) is 0 Å². The van der Waals surface area contributed by atoms with E-state index in [1.54, 1.807) is 20.8 Å². The Bertz CT molecular complexity index is 367. The van der Waals surface area contributed by atoms with Crippen molar-refractivity contribution in [2.75, 3.05) is 19.8 Å². The molecular formula is C14H22O6. The predicted octanol–water partition coefficient (Wildman–Crippen LogP) is 1.63. The van der Waals surface area contributed by atoms with E-state index in [0.717, 1.165) is 0 Å². The molecule has 0 heterocycles. The van der Waals surface area contributed by atoms with Crippen molar-refractivity contribution in [3.8, 4) is 0 Å².